The highest BCUT2D eigenvalue weighted by Gasteiger charge is 2.34. The van der Waals surface area contributed by atoms with Crippen molar-refractivity contribution in [3.8, 4) is 0 Å². The third-order valence-corrected chi connectivity index (χ3v) is 5.78. The molecule has 1 atom stereocenters. The molecule has 0 aliphatic carbocycles. The van der Waals surface area contributed by atoms with Crippen LogP contribution in [-0.2, 0) is 22.6 Å². The Balaban J connectivity index is 1.72. The van der Waals surface area contributed by atoms with Crippen molar-refractivity contribution >= 4 is 50.7 Å². The Morgan fingerprint density at radius 2 is 2.15 bits per heavy atom. The highest BCUT2D eigenvalue weighted by molar-refractivity contribution is 7.18. The number of carboxylic acids is 1. The van der Waals surface area contributed by atoms with Crippen LogP contribution in [0, 0.1) is 11.7 Å². The maximum atomic E-state index is 13.7. The van der Waals surface area contributed by atoms with Crippen molar-refractivity contribution in [2.24, 2.45) is 5.92 Å². The zero-order chi connectivity index (χ0) is 19.1. The number of hydrogen-bond acceptors (Lipinski definition) is 4. The Bertz CT molecular complexity index is 1070. The standard InChI is InChI=1S/C19H14ClFN2O3S/c20-12-1-4-16-14(8-12)22-17(27-16)9-23-15-3-2-13(21)6-10(15)5-11(19(23)26)7-18(24)25/h1-4,6,8,11H,5,7,9H2,(H,24,25). The number of rotatable bonds is 4. The molecule has 0 radical (unpaired) electrons. The fourth-order valence-electron chi connectivity index (χ4n) is 3.36. The Hall–Kier alpha value is -2.51. The van der Waals surface area contributed by atoms with Crippen LogP contribution in [0.5, 0.6) is 0 Å². The van der Waals surface area contributed by atoms with Gasteiger partial charge in [0.05, 0.1) is 29.1 Å². The van der Waals surface area contributed by atoms with Crippen LogP contribution in [0.3, 0.4) is 0 Å². The molecular formula is C19H14ClFN2O3S. The molecule has 5 nitrogen and oxygen atoms in total. The third-order valence-electron chi connectivity index (χ3n) is 4.52. The molecule has 0 bridgehead atoms. The van der Waals surface area contributed by atoms with E-state index in [2.05, 4.69) is 4.98 Å². The van der Waals surface area contributed by atoms with Crippen molar-refractivity contribution in [2.75, 3.05) is 4.90 Å². The first kappa shape index (κ1) is 17.9. The number of benzene rings is 2. The molecule has 2 heterocycles. The van der Waals surface area contributed by atoms with E-state index in [0.29, 0.717) is 21.3 Å². The van der Waals surface area contributed by atoms with E-state index in [1.165, 1.54) is 28.4 Å². The Kier molecular flexibility index (Phi) is 4.57. The van der Waals surface area contributed by atoms with Crippen LogP contribution in [-0.4, -0.2) is 22.0 Å². The Morgan fingerprint density at radius 1 is 1.33 bits per heavy atom. The number of carbonyl (C=O) groups excluding carboxylic acids is 1. The van der Waals surface area contributed by atoms with Crippen molar-refractivity contribution in [2.45, 2.75) is 19.4 Å². The zero-order valence-electron chi connectivity index (χ0n) is 14.0. The minimum absolute atomic E-state index is 0.199. The van der Waals surface area contributed by atoms with Gasteiger partial charge in [-0.15, -0.1) is 11.3 Å². The lowest BCUT2D eigenvalue weighted by Gasteiger charge is -2.33. The van der Waals surface area contributed by atoms with Crippen LogP contribution in [0.2, 0.25) is 5.02 Å². The first-order valence-electron chi connectivity index (χ1n) is 8.27. The SMILES string of the molecule is O=C(O)CC1Cc2cc(F)ccc2N(Cc2nc3cc(Cl)ccc3s2)C1=O. The lowest BCUT2D eigenvalue weighted by molar-refractivity contribution is -0.140. The van der Waals surface area contributed by atoms with Gasteiger partial charge in [-0.3, -0.25) is 9.59 Å². The highest BCUT2D eigenvalue weighted by atomic mass is 35.5. The van der Waals surface area contributed by atoms with E-state index in [9.17, 15) is 14.0 Å². The van der Waals surface area contributed by atoms with Gasteiger partial charge in [0.1, 0.15) is 10.8 Å². The van der Waals surface area contributed by atoms with Gasteiger partial charge in [0, 0.05) is 10.7 Å². The molecule has 1 aliphatic heterocycles. The fourth-order valence-corrected chi connectivity index (χ4v) is 4.46. The molecule has 1 aromatic heterocycles. The summed E-state index contributed by atoms with van der Waals surface area (Å²) < 4.78 is 14.6. The average molecular weight is 405 g/mol. The van der Waals surface area contributed by atoms with Gasteiger partial charge in [0.25, 0.3) is 0 Å². The number of carboxylic acid groups (broad SMARTS) is 1. The van der Waals surface area contributed by atoms with Crippen LogP contribution in [0.4, 0.5) is 10.1 Å². The van der Waals surface area contributed by atoms with Gasteiger partial charge in [-0.05, 0) is 48.4 Å². The van der Waals surface area contributed by atoms with Gasteiger partial charge >= 0.3 is 5.97 Å². The number of carbonyl (C=O) groups is 2. The first-order valence-corrected chi connectivity index (χ1v) is 9.47. The van der Waals surface area contributed by atoms with Crippen LogP contribution >= 0.6 is 22.9 Å². The summed E-state index contributed by atoms with van der Waals surface area (Å²) >= 11 is 7.44. The van der Waals surface area contributed by atoms with Crippen molar-refractivity contribution in [3.05, 3.63) is 57.8 Å². The summed E-state index contributed by atoms with van der Waals surface area (Å²) in [7, 11) is 0. The van der Waals surface area contributed by atoms with Gasteiger partial charge in [0.2, 0.25) is 5.91 Å². The minimum atomic E-state index is -1.05. The molecule has 0 saturated heterocycles. The number of amides is 1. The fraction of sp³-hybridized carbons (Fsp3) is 0.211. The van der Waals surface area contributed by atoms with E-state index in [0.717, 1.165) is 10.2 Å². The van der Waals surface area contributed by atoms with Gasteiger partial charge in [0.15, 0.2) is 0 Å². The molecule has 0 saturated carbocycles. The number of halogens is 2. The molecule has 8 heteroatoms. The second-order valence-electron chi connectivity index (χ2n) is 6.42. The van der Waals surface area contributed by atoms with E-state index < -0.39 is 17.7 Å². The molecule has 0 spiro atoms. The molecule has 1 aliphatic rings. The molecule has 27 heavy (non-hydrogen) atoms. The number of thiazole rings is 1. The molecule has 3 aromatic rings. The first-order chi connectivity index (χ1) is 12.9. The normalized spacial score (nSPS) is 16.6. The highest BCUT2D eigenvalue weighted by Crippen LogP contribution is 2.35. The second kappa shape index (κ2) is 6.90. The van der Waals surface area contributed by atoms with E-state index in [1.54, 1.807) is 18.2 Å². The lowest BCUT2D eigenvalue weighted by Crippen LogP contribution is -2.41. The summed E-state index contributed by atoms with van der Waals surface area (Å²) in [5.41, 5.74) is 1.97. The minimum Gasteiger partial charge on any atom is -0.481 e. The number of aromatic nitrogens is 1. The predicted octanol–water partition coefficient (Wildman–Crippen LogP) is 4.27. The van der Waals surface area contributed by atoms with Crippen molar-refractivity contribution in [3.63, 3.8) is 0 Å². The summed E-state index contributed by atoms with van der Waals surface area (Å²) in [4.78, 5) is 30.1. The molecule has 1 unspecified atom stereocenters. The van der Waals surface area contributed by atoms with Crippen molar-refractivity contribution in [1.29, 1.82) is 0 Å². The number of nitrogens with zero attached hydrogens (tertiary/aromatic N) is 2. The number of hydrogen-bond donors (Lipinski definition) is 1. The maximum Gasteiger partial charge on any atom is 0.304 e. The Labute approximate surface area is 163 Å². The second-order valence-corrected chi connectivity index (χ2v) is 7.97. The number of aliphatic carboxylic acids is 1. The van der Waals surface area contributed by atoms with Gasteiger partial charge < -0.3 is 10.0 Å². The Morgan fingerprint density at radius 3 is 2.93 bits per heavy atom. The van der Waals surface area contributed by atoms with Crippen LogP contribution in [0.1, 0.15) is 17.0 Å². The monoisotopic (exact) mass is 404 g/mol. The molecule has 2 aromatic carbocycles. The molecule has 138 valence electrons. The zero-order valence-corrected chi connectivity index (χ0v) is 15.6. The van der Waals surface area contributed by atoms with E-state index in [1.807, 2.05) is 6.07 Å². The molecule has 1 N–H and O–H groups in total. The van der Waals surface area contributed by atoms with Gasteiger partial charge in [-0.1, -0.05) is 11.6 Å². The molecule has 0 fully saturated rings. The largest absolute Gasteiger partial charge is 0.481 e. The van der Waals surface area contributed by atoms with Gasteiger partial charge in [-0.25, -0.2) is 9.37 Å². The van der Waals surface area contributed by atoms with Crippen molar-refractivity contribution in [1.82, 2.24) is 4.98 Å². The number of fused-ring (bicyclic) bond motifs is 2. The average Bonchev–Trinajstić information content (AvgIpc) is 2.99. The summed E-state index contributed by atoms with van der Waals surface area (Å²) in [6.45, 7) is 0.199. The van der Waals surface area contributed by atoms with Gasteiger partial charge in [-0.2, -0.15) is 0 Å². The van der Waals surface area contributed by atoms with Crippen molar-refractivity contribution < 1.29 is 19.1 Å². The smallest absolute Gasteiger partial charge is 0.304 e. The summed E-state index contributed by atoms with van der Waals surface area (Å²) in [5, 5.41) is 10.4. The number of anilines is 1. The maximum absolute atomic E-state index is 13.7. The predicted molar refractivity (Wildman–Crippen MR) is 102 cm³/mol. The van der Waals surface area contributed by atoms with Crippen LogP contribution < -0.4 is 4.90 Å². The third kappa shape index (κ3) is 3.52. The van der Waals surface area contributed by atoms with E-state index in [-0.39, 0.29) is 25.3 Å². The summed E-state index contributed by atoms with van der Waals surface area (Å²) in [6, 6.07) is 9.62. The summed E-state index contributed by atoms with van der Waals surface area (Å²) in [5.74, 6) is -2.47. The molecule has 1 amide bonds. The van der Waals surface area contributed by atoms with Crippen LogP contribution in [0.25, 0.3) is 10.2 Å². The quantitative estimate of drug-likeness (QED) is 0.705. The van der Waals surface area contributed by atoms with Crippen LogP contribution in [0.15, 0.2) is 36.4 Å². The molecule has 4 rings (SSSR count). The van der Waals surface area contributed by atoms with E-state index >= 15 is 0 Å². The topological polar surface area (TPSA) is 70.5 Å². The molecular weight excluding hydrogens is 391 g/mol. The van der Waals surface area contributed by atoms with E-state index in [4.69, 9.17) is 16.7 Å². The lowest BCUT2D eigenvalue weighted by atomic mass is 9.89. The summed E-state index contributed by atoms with van der Waals surface area (Å²) in [6.07, 6.45) is -0.0785.